The van der Waals surface area contributed by atoms with Gasteiger partial charge >= 0.3 is 11.9 Å². The molecule has 0 unspecified atom stereocenters. The molecular weight excluding hydrogens is 392 g/mol. The number of esters is 2. The SMILES string of the molecule is COC(=O)c1cc(NC(=O)CNc2cc(OC)c(OC)cc2C)cc(C(=O)OC)c1. The Bertz CT molecular complexity index is 922. The maximum Gasteiger partial charge on any atom is 0.337 e. The maximum absolute atomic E-state index is 12.4. The molecule has 2 rings (SSSR count). The highest BCUT2D eigenvalue weighted by molar-refractivity contribution is 6.00. The Morgan fingerprint density at radius 3 is 1.83 bits per heavy atom. The highest BCUT2D eigenvalue weighted by Gasteiger charge is 2.15. The van der Waals surface area contributed by atoms with Crippen LogP contribution >= 0.6 is 0 Å². The van der Waals surface area contributed by atoms with Crippen molar-refractivity contribution in [3.8, 4) is 11.5 Å². The molecule has 0 atom stereocenters. The van der Waals surface area contributed by atoms with Crippen LogP contribution in [0, 0.1) is 6.92 Å². The summed E-state index contributed by atoms with van der Waals surface area (Å²) in [6.45, 7) is 1.80. The molecule has 30 heavy (non-hydrogen) atoms. The lowest BCUT2D eigenvalue weighted by molar-refractivity contribution is -0.114. The molecule has 9 heteroatoms. The summed E-state index contributed by atoms with van der Waals surface area (Å²) in [5, 5.41) is 5.67. The van der Waals surface area contributed by atoms with Crippen LogP contribution in [-0.4, -0.2) is 52.8 Å². The molecule has 1 amide bonds. The Labute approximate surface area is 174 Å². The van der Waals surface area contributed by atoms with Gasteiger partial charge in [0.25, 0.3) is 0 Å². The van der Waals surface area contributed by atoms with Gasteiger partial charge in [-0.15, -0.1) is 0 Å². The van der Waals surface area contributed by atoms with Crippen LogP contribution < -0.4 is 20.1 Å². The molecule has 0 bridgehead atoms. The van der Waals surface area contributed by atoms with Gasteiger partial charge in [0.1, 0.15) is 0 Å². The molecule has 0 saturated carbocycles. The third-order valence-corrected chi connectivity index (χ3v) is 4.23. The van der Waals surface area contributed by atoms with E-state index >= 15 is 0 Å². The Morgan fingerprint density at radius 2 is 1.33 bits per heavy atom. The van der Waals surface area contributed by atoms with Crippen molar-refractivity contribution in [3.63, 3.8) is 0 Å². The van der Waals surface area contributed by atoms with E-state index in [-0.39, 0.29) is 29.3 Å². The van der Waals surface area contributed by atoms with Crippen LogP contribution in [0.15, 0.2) is 30.3 Å². The quantitative estimate of drug-likeness (QED) is 0.632. The first-order chi connectivity index (χ1) is 14.3. The summed E-state index contributed by atoms with van der Waals surface area (Å²) < 4.78 is 19.9. The van der Waals surface area contributed by atoms with E-state index < -0.39 is 11.9 Å². The van der Waals surface area contributed by atoms with Crippen molar-refractivity contribution in [2.24, 2.45) is 0 Å². The number of amides is 1. The summed E-state index contributed by atoms with van der Waals surface area (Å²) >= 11 is 0. The van der Waals surface area contributed by atoms with Gasteiger partial charge < -0.3 is 29.6 Å². The monoisotopic (exact) mass is 416 g/mol. The predicted octanol–water partition coefficient (Wildman–Crippen LogP) is 2.64. The van der Waals surface area contributed by atoms with Crippen LogP contribution in [0.25, 0.3) is 0 Å². The van der Waals surface area contributed by atoms with E-state index in [0.717, 1.165) is 5.56 Å². The molecule has 0 aliphatic heterocycles. The minimum atomic E-state index is -0.643. The van der Waals surface area contributed by atoms with Crippen LogP contribution in [0.3, 0.4) is 0 Å². The lowest BCUT2D eigenvalue weighted by Gasteiger charge is -2.14. The standard InChI is InChI=1S/C21H24N2O7/c1-12-6-17(27-2)18(28-3)10-16(12)22-11-19(24)23-15-8-13(20(25)29-4)7-14(9-15)21(26)30-5/h6-10,22H,11H2,1-5H3,(H,23,24). The number of anilines is 2. The van der Waals surface area contributed by atoms with E-state index in [1.165, 1.54) is 39.5 Å². The van der Waals surface area contributed by atoms with Gasteiger partial charge in [-0.1, -0.05) is 0 Å². The summed E-state index contributed by atoms with van der Waals surface area (Å²) in [6.07, 6.45) is 0. The van der Waals surface area contributed by atoms with E-state index in [1.807, 2.05) is 6.92 Å². The molecule has 0 aromatic heterocycles. The molecule has 0 fully saturated rings. The van der Waals surface area contributed by atoms with E-state index in [9.17, 15) is 14.4 Å². The number of hydrogen-bond donors (Lipinski definition) is 2. The van der Waals surface area contributed by atoms with Gasteiger partial charge in [-0.25, -0.2) is 9.59 Å². The summed E-state index contributed by atoms with van der Waals surface area (Å²) in [7, 11) is 5.52. The number of benzene rings is 2. The van der Waals surface area contributed by atoms with Gasteiger partial charge in [-0.3, -0.25) is 4.79 Å². The second-order valence-electron chi connectivity index (χ2n) is 6.21. The largest absolute Gasteiger partial charge is 0.493 e. The zero-order valence-electron chi connectivity index (χ0n) is 17.5. The average molecular weight is 416 g/mol. The zero-order valence-corrected chi connectivity index (χ0v) is 17.5. The Hall–Kier alpha value is -3.75. The smallest absolute Gasteiger partial charge is 0.337 e. The fourth-order valence-corrected chi connectivity index (χ4v) is 2.72. The summed E-state index contributed by atoms with van der Waals surface area (Å²) in [4.78, 5) is 36.1. The Balaban J connectivity index is 2.16. The normalized spacial score (nSPS) is 10.0. The number of ether oxygens (including phenoxy) is 4. The average Bonchev–Trinajstić information content (AvgIpc) is 2.76. The van der Waals surface area contributed by atoms with Crippen molar-refractivity contribution in [2.45, 2.75) is 6.92 Å². The lowest BCUT2D eigenvalue weighted by atomic mass is 10.1. The fraction of sp³-hybridized carbons (Fsp3) is 0.286. The molecule has 0 saturated heterocycles. The Kier molecular flexibility index (Phi) is 7.62. The molecule has 2 aromatic rings. The van der Waals surface area contributed by atoms with E-state index in [0.29, 0.717) is 17.2 Å². The Morgan fingerprint density at radius 1 is 0.800 bits per heavy atom. The van der Waals surface area contributed by atoms with Crippen molar-refractivity contribution in [3.05, 3.63) is 47.0 Å². The van der Waals surface area contributed by atoms with Crippen molar-refractivity contribution in [1.29, 1.82) is 0 Å². The van der Waals surface area contributed by atoms with Gasteiger partial charge in [0.05, 0.1) is 46.1 Å². The molecule has 9 nitrogen and oxygen atoms in total. The number of hydrogen-bond acceptors (Lipinski definition) is 8. The maximum atomic E-state index is 12.4. The third kappa shape index (κ3) is 5.40. The molecule has 0 radical (unpaired) electrons. The first-order valence-corrected chi connectivity index (χ1v) is 8.91. The number of rotatable bonds is 8. The number of nitrogens with one attached hydrogen (secondary N) is 2. The first-order valence-electron chi connectivity index (χ1n) is 8.91. The fourth-order valence-electron chi connectivity index (χ4n) is 2.72. The molecule has 0 heterocycles. The van der Waals surface area contributed by atoms with Gasteiger partial charge in [0, 0.05) is 17.4 Å². The van der Waals surface area contributed by atoms with Crippen LogP contribution in [-0.2, 0) is 14.3 Å². The van der Waals surface area contributed by atoms with Gasteiger partial charge in [-0.2, -0.15) is 0 Å². The van der Waals surface area contributed by atoms with Gasteiger partial charge in [0.2, 0.25) is 5.91 Å². The minimum absolute atomic E-state index is 0.0632. The molecule has 2 aromatic carbocycles. The van der Waals surface area contributed by atoms with Crippen LogP contribution in [0.1, 0.15) is 26.3 Å². The second-order valence-corrected chi connectivity index (χ2v) is 6.21. The topological polar surface area (TPSA) is 112 Å². The number of aryl methyl sites for hydroxylation is 1. The summed E-state index contributed by atoms with van der Waals surface area (Å²) in [6, 6.07) is 7.68. The summed E-state index contributed by atoms with van der Waals surface area (Å²) in [5.41, 5.74) is 2.04. The molecule has 2 N–H and O–H groups in total. The van der Waals surface area contributed by atoms with Crippen LogP contribution in [0.5, 0.6) is 11.5 Å². The predicted molar refractivity (Wildman–Crippen MR) is 111 cm³/mol. The summed E-state index contributed by atoms with van der Waals surface area (Å²) in [5.74, 6) is -0.563. The van der Waals surface area contributed by atoms with Gasteiger partial charge in [0.15, 0.2) is 11.5 Å². The lowest BCUT2D eigenvalue weighted by Crippen LogP contribution is -2.22. The number of methoxy groups -OCH3 is 4. The number of carbonyl (C=O) groups is 3. The molecular formula is C21H24N2O7. The molecule has 160 valence electrons. The van der Waals surface area contributed by atoms with Crippen molar-refractivity contribution in [1.82, 2.24) is 0 Å². The molecule has 0 spiro atoms. The van der Waals surface area contributed by atoms with Crippen molar-refractivity contribution in [2.75, 3.05) is 45.6 Å². The highest BCUT2D eigenvalue weighted by atomic mass is 16.5. The third-order valence-electron chi connectivity index (χ3n) is 4.23. The van der Waals surface area contributed by atoms with Crippen LogP contribution in [0.2, 0.25) is 0 Å². The van der Waals surface area contributed by atoms with Crippen molar-refractivity contribution < 1.29 is 33.3 Å². The van der Waals surface area contributed by atoms with E-state index in [1.54, 1.807) is 19.2 Å². The molecule has 0 aliphatic rings. The van der Waals surface area contributed by atoms with E-state index in [4.69, 9.17) is 9.47 Å². The zero-order chi connectivity index (χ0) is 22.3. The first kappa shape index (κ1) is 22.5. The minimum Gasteiger partial charge on any atom is -0.493 e. The number of carbonyl (C=O) groups excluding carboxylic acids is 3. The van der Waals surface area contributed by atoms with E-state index in [2.05, 4.69) is 20.1 Å². The highest BCUT2D eigenvalue weighted by Crippen LogP contribution is 2.32. The second kappa shape index (κ2) is 10.1. The van der Waals surface area contributed by atoms with Gasteiger partial charge in [-0.05, 0) is 36.8 Å². The van der Waals surface area contributed by atoms with Crippen LogP contribution in [0.4, 0.5) is 11.4 Å². The molecule has 0 aliphatic carbocycles. The van der Waals surface area contributed by atoms with Crippen molar-refractivity contribution >= 4 is 29.2 Å².